The van der Waals surface area contributed by atoms with Gasteiger partial charge in [-0.3, -0.25) is 10.2 Å². The summed E-state index contributed by atoms with van der Waals surface area (Å²) in [5.41, 5.74) is 19.4. The summed E-state index contributed by atoms with van der Waals surface area (Å²) >= 11 is 0. The van der Waals surface area contributed by atoms with E-state index < -0.39 is 33.7 Å². The second-order valence-electron chi connectivity index (χ2n) is 14.2. The Kier molecular flexibility index (Phi) is 12.8. The molecule has 11 N–H and O–H groups in total. The number of aromatic nitrogens is 4. The van der Waals surface area contributed by atoms with E-state index in [-0.39, 0.29) is 24.7 Å². The molecular weight excluding hydrogens is 833 g/mol. The fourth-order valence-corrected chi connectivity index (χ4v) is 6.91. The van der Waals surface area contributed by atoms with Gasteiger partial charge in [-0.2, -0.15) is 10.2 Å². The summed E-state index contributed by atoms with van der Waals surface area (Å²) in [7, 11) is -3.30. The molecule has 0 fully saturated rings. The summed E-state index contributed by atoms with van der Waals surface area (Å²) in [5.74, 6) is 0.309. The van der Waals surface area contributed by atoms with Crippen molar-refractivity contribution < 1.29 is 31.5 Å². The number of ether oxygens (including phenoxy) is 1. The highest BCUT2D eigenvalue weighted by molar-refractivity contribution is 7.88. The lowest BCUT2D eigenvalue weighted by atomic mass is 10.0. The Morgan fingerprint density at radius 3 is 2.05 bits per heavy atom. The van der Waals surface area contributed by atoms with E-state index >= 15 is 0 Å². The van der Waals surface area contributed by atoms with Crippen LogP contribution in [0.1, 0.15) is 5.56 Å². The van der Waals surface area contributed by atoms with Crippen molar-refractivity contribution in [2.75, 3.05) is 52.1 Å². The fraction of sp³-hybridized carbons (Fsp3) is 0.0909. The molecule has 322 valence electrons. The van der Waals surface area contributed by atoms with Crippen LogP contribution in [0.25, 0.3) is 44.1 Å². The minimum absolute atomic E-state index is 0.118. The number of fused-ring (bicyclic) bond motifs is 2. The molecule has 0 aliphatic carbocycles. The summed E-state index contributed by atoms with van der Waals surface area (Å²) in [6.07, 6.45) is 1.08. The Hall–Kier alpha value is -8.03. The molecule has 0 aliphatic heterocycles. The van der Waals surface area contributed by atoms with Crippen LogP contribution >= 0.6 is 0 Å². The van der Waals surface area contributed by atoms with E-state index in [1.165, 1.54) is 24.3 Å². The number of hydrogen-bond donors (Lipinski definition) is 9. The van der Waals surface area contributed by atoms with E-state index in [1.807, 2.05) is 55.5 Å². The number of rotatable bonds is 11. The van der Waals surface area contributed by atoms with Crippen LogP contribution in [0.3, 0.4) is 0 Å². The normalized spacial score (nSPS) is 11.1. The van der Waals surface area contributed by atoms with Gasteiger partial charge in [0, 0.05) is 29.0 Å². The number of aryl methyl sites for hydroxylation is 1. The molecule has 8 aromatic rings. The largest absolute Gasteiger partial charge is 0.490 e. The standard InChI is InChI=1S/C23H23FN6O4S.C21H18FN5O/c1-35(32,33)26-11-12-34-19-10-9-18(20-21(19)29-30-22(20)25)14-5-7-16(8-6-14)27-23(31)28-17-4-2-3-15(24)13-17;1-12-2-9-17(22)19(10-12)25-21(28)24-15-6-3-13(4-7-15)14-5-8-16-18(11-14)26-27-20(16)23/h2-10,13,26H,11-12H2,1H3,(H3,25,29,30)(H2,27,28,31);2-11H,1H3,(H3,23,26,27)(H2,24,25,28). The molecular formula is C44H41F2N11O5S. The molecule has 19 heteroatoms. The van der Waals surface area contributed by atoms with Crippen molar-refractivity contribution in [2.45, 2.75) is 6.92 Å². The molecule has 2 aromatic heterocycles. The molecule has 0 radical (unpaired) electrons. The molecule has 16 nitrogen and oxygen atoms in total. The van der Waals surface area contributed by atoms with Crippen molar-refractivity contribution in [3.63, 3.8) is 0 Å². The lowest BCUT2D eigenvalue weighted by Crippen LogP contribution is -2.26. The molecule has 0 atom stereocenters. The van der Waals surface area contributed by atoms with Gasteiger partial charge in [0.15, 0.2) is 11.6 Å². The average molecular weight is 874 g/mol. The molecule has 2 heterocycles. The predicted octanol–water partition coefficient (Wildman–Crippen LogP) is 8.43. The van der Waals surface area contributed by atoms with Crippen molar-refractivity contribution >= 4 is 78.3 Å². The third-order valence-electron chi connectivity index (χ3n) is 9.41. The first-order chi connectivity index (χ1) is 30.2. The Morgan fingerprint density at radius 2 is 1.35 bits per heavy atom. The second kappa shape index (κ2) is 18.7. The van der Waals surface area contributed by atoms with Gasteiger partial charge in [0.2, 0.25) is 10.0 Å². The van der Waals surface area contributed by atoms with Crippen molar-refractivity contribution in [1.29, 1.82) is 0 Å². The van der Waals surface area contributed by atoms with E-state index in [1.54, 1.807) is 48.5 Å². The zero-order valence-electron chi connectivity index (χ0n) is 33.7. The van der Waals surface area contributed by atoms with Gasteiger partial charge in [0.1, 0.15) is 29.5 Å². The number of nitrogen functional groups attached to an aromatic ring is 2. The van der Waals surface area contributed by atoms with Gasteiger partial charge in [0.05, 0.1) is 22.8 Å². The summed E-state index contributed by atoms with van der Waals surface area (Å²) in [6, 6.07) is 33.0. The minimum Gasteiger partial charge on any atom is -0.490 e. The van der Waals surface area contributed by atoms with Crippen LogP contribution in [-0.2, 0) is 10.0 Å². The highest BCUT2D eigenvalue weighted by atomic mass is 32.2. The quantitative estimate of drug-likeness (QED) is 0.0565. The van der Waals surface area contributed by atoms with Crippen LogP contribution in [0.4, 0.5) is 52.8 Å². The Morgan fingerprint density at radius 1 is 0.698 bits per heavy atom. The maximum Gasteiger partial charge on any atom is 0.323 e. The number of H-pyrrole nitrogens is 2. The molecule has 8 rings (SSSR count). The van der Waals surface area contributed by atoms with Gasteiger partial charge >= 0.3 is 12.1 Å². The van der Waals surface area contributed by atoms with Crippen molar-refractivity contribution in [2.24, 2.45) is 0 Å². The monoisotopic (exact) mass is 873 g/mol. The SMILES string of the molecule is CS(=O)(=O)NCCOc1ccc(-c2ccc(NC(=O)Nc3cccc(F)c3)cc2)c2c(N)n[nH]c12.Cc1ccc(F)c(NC(=O)Nc2ccc(-c3ccc4c(N)n[nH]c4c3)cc2)c1. The van der Waals surface area contributed by atoms with Crippen LogP contribution in [0, 0.1) is 18.6 Å². The Balaban J connectivity index is 0.000000193. The van der Waals surface area contributed by atoms with Gasteiger partial charge in [0.25, 0.3) is 0 Å². The third-order valence-corrected chi connectivity index (χ3v) is 10.1. The maximum absolute atomic E-state index is 13.8. The van der Waals surface area contributed by atoms with Crippen molar-refractivity contribution in [3.05, 3.63) is 139 Å². The highest BCUT2D eigenvalue weighted by Gasteiger charge is 2.16. The molecule has 6 aromatic carbocycles. The summed E-state index contributed by atoms with van der Waals surface area (Å²) in [6.45, 7) is 2.07. The fourth-order valence-electron chi connectivity index (χ4n) is 6.46. The van der Waals surface area contributed by atoms with Crippen LogP contribution in [-0.4, -0.2) is 60.3 Å². The zero-order valence-corrected chi connectivity index (χ0v) is 34.5. The van der Waals surface area contributed by atoms with Crippen LogP contribution in [0.2, 0.25) is 0 Å². The molecule has 0 saturated heterocycles. The molecule has 63 heavy (non-hydrogen) atoms. The van der Waals surface area contributed by atoms with Crippen LogP contribution in [0.15, 0.2) is 121 Å². The van der Waals surface area contributed by atoms with Gasteiger partial charge in [-0.25, -0.2) is 31.5 Å². The summed E-state index contributed by atoms with van der Waals surface area (Å²) in [4.78, 5) is 24.3. The van der Waals surface area contributed by atoms with E-state index in [2.05, 4.69) is 46.4 Å². The lowest BCUT2D eigenvalue weighted by molar-refractivity contribution is 0.261. The van der Waals surface area contributed by atoms with Gasteiger partial charge in [-0.05, 0) is 114 Å². The van der Waals surface area contributed by atoms with E-state index in [4.69, 9.17) is 16.2 Å². The molecule has 0 aliphatic rings. The number of amides is 4. The number of nitrogens with two attached hydrogens (primary N) is 2. The first kappa shape index (κ1) is 43.1. The van der Waals surface area contributed by atoms with E-state index in [0.717, 1.165) is 45.0 Å². The molecule has 0 unspecified atom stereocenters. The van der Waals surface area contributed by atoms with Crippen molar-refractivity contribution in [1.82, 2.24) is 25.1 Å². The summed E-state index contributed by atoms with van der Waals surface area (Å²) < 4.78 is 57.5. The number of halogens is 2. The van der Waals surface area contributed by atoms with E-state index in [0.29, 0.717) is 39.5 Å². The van der Waals surface area contributed by atoms with Crippen LogP contribution in [0.5, 0.6) is 5.75 Å². The topological polar surface area (TPSA) is 247 Å². The van der Waals surface area contributed by atoms with Gasteiger partial charge in [-0.1, -0.05) is 42.5 Å². The number of aromatic amines is 2. The first-order valence-electron chi connectivity index (χ1n) is 19.2. The number of anilines is 6. The predicted molar refractivity (Wildman–Crippen MR) is 243 cm³/mol. The third kappa shape index (κ3) is 11.0. The Labute approximate surface area is 359 Å². The number of carbonyl (C=O) groups excluding carboxylic acids is 2. The maximum atomic E-state index is 13.8. The summed E-state index contributed by atoms with van der Waals surface area (Å²) in [5, 5.41) is 25.8. The minimum atomic E-state index is -3.30. The van der Waals surface area contributed by atoms with Gasteiger partial charge in [-0.15, -0.1) is 0 Å². The van der Waals surface area contributed by atoms with Crippen LogP contribution < -0.4 is 42.2 Å². The number of nitrogens with one attached hydrogen (secondary N) is 7. The number of benzene rings is 6. The van der Waals surface area contributed by atoms with E-state index in [9.17, 15) is 26.8 Å². The first-order valence-corrected chi connectivity index (χ1v) is 21.0. The van der Waals surface area contributed by atoms with Gasteiger partial charge < -0.3 is 37.5 Å². The molecule has 4 amide bonds. The zero-order chi connectivity index (χ0) is 44.7. The number of hydrogen-bond acceptors (Lipinski definition) is 9. The van der Waals surface area contributed by atoms with Crippen molar-refractivity contribution in [3.8, 4) is 28.0 Å². The number of sulfonamides is 1. The molecule has 0 spiro atoms. The number of nitrogens with zero attached hydrogens (tertiary/aromatic N) is 2. The number of urea groups is 2. The lowest BCUT2D eigenvalue weighted by Gasteiger charge is -2.11. The Bertz CT molecular complexity index is 3050. The smallest absolute Gasteiger partial charge is 0.323 e. The highest BCUT2D eigenvalue weighted by Crippen LogP contribution is 2.37. The average Bonchev–Trinajstić information content (AvgIpc) is 3.83. The second-order valence-corrected chi connectivity index (χ2v) is 16.0. The number of carbonyl (C=O) groups is 2. The molecule has 0 saturated carbocycles. The molecule has 0 bridgehead atoms.